The molecule has 0 fully saturated rings. The number of hydrogen-bond acceptors (Lipinski definition) is 3. The van der Waals surface area contributed by atoms with Crippen molar-refractivity contribution >= 4 is 0 Å². The monoisotopic (exact) mass is 87.0 g/mol. The second-order valence-electron chi connectivity index (χ2n) is 0.0745. The zero-order valence-corrected chi connectivity index (χ0v) is 5.39. The molecule has 0 bridgehead atoms. The van der Waals surface area contributed by atoms with Gasteiger partial charge in [0.25, 0.3) is 0 Å². The second-order valence-corrected chi connectivity index (χ2v) is 0.0745. The molecule has 18 valence electrons. The van der Waals surface area contributed by atoms with Crippen LogP contribution in [0.4, 0.5) is 0 Å². The quantitative estimate of drug-likeness (QED) is 0.139. The molecule has 0 aromatic heterocycles. The van der Waals surface area contributed by atoms with Crippen LogP contribution in [0.25, 0.3) is 0 Å². The van der Waals surface area contributed by atoms with E-state index in [1.807, 2.05) is 0 Å². The van der Waals surface area contributed by atoms with Gasteiger partial charge >= 0.3 is 51.4 Å². The Morgan fingerprint density at radius 2 is 1.75 bits per heavy atom. The van der Waals surface area contributed by atoms with E-state index in [-0.39, 0.29) is 51.4 Å². The van der Waals surface area contributed by atoms with Crippen LogP contribution in [-0.4, -0.2) is 0 Å². The van der Waals surface area contributed by atoms with Crippen molar-refractivity contribution in [2.75, 3.05) is 0 Å². The van der Waals surface area contributed by atoms with Crippen molar-refractivity contribution in [2.45, 2.75) is 0 Å². The van der Waals surface area contributed by atoms with Gasteiger partial charge in [-0.2, -0.15) is 0 Å². The average Bonchev–Trinajstić information content (AvgIpc) is 0.918. The minimum absolute atomic E-state index is 0. The predicted octanol–water partition coefficient (Wildman–Crippen LogP) is -2.75. The van der Waals surface area contributed by atoms with E-state index in [1.54, 1.807) is 0 Å². The van der Waals surface area contributed by atoms with Gasteiger partial charge in [0.1, 0.15) is 0 Å². The Morgan fingerprint density at radius 3 is 1.75 bits per heavy atom. The summed E-state index contributed by atoms with van der Waals surface area (Å²) in [6.07, 6.45) is 0. The molecular formula is KNO2. The molecular weight excluding hydrogens is 87.1 g/mol. The van der Waals surface area contributed by atoms with E-state index < -0.39 is 0 Å². The zero-order valence-electron chi connectivity index (χ0n) is 2.26. The maximum Gasteiger partial charge on any atom is 1.00 e. The first-order chi connectivity index (χ1) is 1.41. The van der Waals surface area contributed by atoms with Gasteiger partial charge in [0, 0.05) is 0 Å². The van der Waals surface area contributed by atoms with E-state index in [0.29, 0.717) is 0 Å². The molecule has 0 amide bonds. The van der Waals surface area contributed by atoms with Crippen LogP contribution in [0.5, 0.6) is 0 Å². The molecule has 0 aliphatic carbocycles. The van der Waals surface area contributed by atoms with E-state index in [0.717, 1.165) is 5.34 Å². The third-order valence-electron chi connectivity index (χ3n) is 0. The molecule has 0 unspecified atom stereocenters. The third kappa shape index (κ3) is 11.7. The van der Waals surface area contributed by atoms with Gasteiger partial charge in [-0.1, -0.05) is 0 Å². The molecule has 0 radical (unpaired) electrons. The summed E-state index contributed by atoms with van der Waals surface area (Å²) < 4.78 is 0. The molecule has 0 spiro atoms. The Hall–Kier alpha value is 1.04. The summed E-state index contributed by atoms with van der Waals surface area (Å²) in [6.45, 7) is 0. The van der Waals surface area contributed by atoms with E-state index in [4.69, 9.17) is 10.1 Å². The van der Waals surface area contributed by atoms with Gasteiger partial charge in [0.05, 0.1) is 0 Å². The van der Waals surface area contributed by atoms with E-state index in [1.165, 1.54) is 0 Å². The Balaban J connectivity index is 0. The summed E-state index contributed by atoms with van der Waals surface area (Å²) in [7, 11) is 0. The standard InChI is InChI=1S/K.HNO2/c;2-1-3/h;(H,2,3)/q+1;/p-1/i;2+2. The summed E-state index contributed by atoms with van der Waals surface area (Å²) in [6, 6.07) is 0. The molecule has 0 aliphatic rings. The molecule has 0 saturated heterocycles. The molecule has 0 aromatic carbocycles. The van der Waals surface area contributed by atoms with Gasteiger partial charge in [-0.25, -0.2) is 0 Å². The Morgan fingerprint density at radius 1 is 1.75 bits per heavy atom. The SMILES string of the molecule is [K+].[O-]N=[18O]. The van der Waals surface area contributed by atoms with Crippen LogP contribution in [0, 0.1) is 10.1 Å². The van der Waals surface area contributed by atoms with Crippen LogP contribution in [0.3, 0.4) is 0 Å². The molecule has 3 nitrogen and oxygen atoms in total. The van der Waals surface area contributed by atoms with Gasteiger partial charge in [0.2, 0.25) is 0 Å². The summed E-state index contributed by atoms with van der Waals surface area (Å²) >= 11 is 0. The molecule has 0 aliphatic heterocycles. The first-order valence-electron chi connectivity index (χ1n) is 0.365. The van der Waals surface area contributed by atoms with Crippen LogP contribution in [0.1, 0.15) is 0 Å². The maximum atomic E-state index is 8.00. The third-order valence-corrected chi connectivity index (χ3v) is 0. The number of nitrogens with zero attached hydrogens (tertiary/aromatic N) is 1. The van der Waals surface area contributed by atoms with Crippen LogP contribution in [0.2, 0.25) is 0 Å². The summed E-state index contributed by atoms with van der Waals surface area (Å²) in [5, 5.41) is 9.00. The van der Waals surface area contributed by atoms with Crippen molar-refractivity contribution in [1.82, 2.24) is 0 Å². The first kappa shape index (κ1) is 8.90. The summed E-state index contributed by atoms with van der Waals surface area (Å²) in [5.41, 5.74) is 0. The van der Waals surface area contributed by atoms with Crippen molar-refractivity contribution in [3.63, 3.8) is 0 Å². The van der Waals surface area contributed by atoms with Crippen molar-refractivity contribution in [3.05, 3.63) is 10.1 Å². The van der Waals surface area contributed by atoms with Crippen LogP contribution in [-0.2, 0) is 0 Å². The molecule has 4 heteroatoms. The summed E-state index contributed by atoms with van der Waals surface area (Å²) in [4.78, 5) is 8.00. The largest absolute Gasteiger partial charge is 1.00 e. The van der Waals surface area contributed by atoms with Gasteiger partial charge in [0.15, 0.2) is 0 Å². The fourth-order valence-electron chi connectivity index (χ4n) is 0. The second kappa shape index (κ2) is 8.97. The number of rotatable bonds is 0. The molecule has 4 heavy (non-hydrogen) atoms. The van der Waals surface area contributed by atoms with Crippen molar-refractivity contribution < 1.29 is 51.4 Å². The van der Waals surface area contributed by atoms with Gasteiger partial charge in [-0.05, 0) is 0 Å². The fourth-order valence-corrected chi connectivity index (χ4v) is 0. The predicted molar refractivity (Wildman–Crippen MR) is 9.16 cm³/mol. The molecule has 0 saturated carbocycles. The Labute approximate surface area is 65.7 Å². The summed E-state index contributed by atoms with van der Waals surface area (Å²) in [5.74, 6) is 0. The maximum absolute atomic E-state index is 8.00. The van der Waals surface area contributed by atoms with Crippen molar-refractivity contribution in [1.29, 1.82) is 0 Å². The Kier molecular flexibility index (Phi) is 20.0. The first-order valence-corrected chi connectivity index (χ1v) is 0.365. The normalized spacial score (nSPS) is 3.00. The van der Waals surface area contributed by atoms with Gasteiger partial charge in [-0.15, -0.1) is 5.34 Å². The van der Waals surface area contributed by atoms with Crippen molar-refractivity contribution in [2.24, 2.45) is 5.34 Å². The van der Waals surface area contributed by atoms with Gasteiger partial charge in [-0.3, -0.25) is 0 Å². The van der Waals surface area contributed by atoms with Crippen LogP contribution >= 0.6 is 0 Å². The molecule has 0 N–H and O–H groups in total. The topological polar surface area (TPSA) is 52.5 Å². The molecule has 0 heterocycles. The van der Waals surface area contributed by atoms with E-state index in [2.05, 4.69) is 0 Å². The van der Waals surface area contributed by atoms with Crippen LogP contribution < -0.4 is 51.4 Å². The number of hydrogen-bond donors (Lipinski definition) is 0. The minimum Gasteiger partial charge on any atom is -0.444 e. The average molecular weight is 87.1 g/mol. The Bertz CT molecular complexity index is 13.5. The van der Waals surface area contributed by atoms with E-state index >= 15 is 0 Å². The van der Waals surface area contributed by atoms with Gasteiger partial charge < -0.3 is 10.1 Å². The fraction of sp³-hybridized carbons (Fsp3) is 0. The van der Waals surface area contributed by atoms with E-state index in [9.17, 15) is 0 Å². The minimum atomic E-state index is 0. The van der Waals surface area contributed by atoms with Crippen LogP contribution in [0.15, 0.2) is 5.34 Å². The molecule has 0 rings (SSSR count). The molecule has 0 atom stereocenters. The molecule has 0 aromatic rings. The zero-order chi connectivity index (χ0) is 2.71. The smallest absolute Gasteiger partial charge is 0.444 e. The van der Waals surface area contributed by atoms with Crippen molar-refractivity contribution in [3.8, 4) is 0 Å².